The molecule has 0 spiro atoms. The minimum atomic E-state index is -0.603. The first-order chi connectivity index (χ1) is 8.61. The van der Waals surface area contributed by atoms with Crippen LogP contribution in [0.1, 0.15) is 44.1 Å². The summed E-state index contributed by atoms with van der Waals surface area (Å²) in [5, 5.41) is 13.7. The number of hydrogen-bond acceptors (Lipinski definition) is 4. The SMILES string of the molecule is Cc1ccnc(NCC2(O)CCCCCC2)c1N. The average molecular weight is 249 g/mol. The van der Waals surface area contributed by atoms with Crippen molar-refractivity contribution in [1.29, 1.82) is 0 Å². The van der Waals surface area contributed by atoms with Crippen molar-refractivity contribution in [3.8, 4) is 0 Å². The summed E-state index contributed by atoms with van der Waals surface area (Å²) < 4.78 is 0. The highest BCUT2D eigenvalue weighted by Gasteiger charge is 2.27. The smallest absolute Gasteiger partial charge is 0.149 e. The van der Waals surface area contributed by atoms with E-state index in [2.05, 4.69) is 10.3 Å². The topological polar surface area (TPSA) is 71.2 Å². The van der Waals surface area contributed by atoms with E-state index in [1.807, 2.05) is 13.0 Å². The Kier molecular flexibility index (Phi) is 4.07. The first kappa shape index (κ1) is 13.1. The van der Waals surface area contributed by atoms with Crippen molar-refractivity contribution in [2.24, 2.45) is 0 Å². The molecule has 1 aliphatic rings. The lowest BCUT2D eigenvalue weighted by atomic mass is 9.94. The van der Waals surface area contributed by atoms with Gasteiger partial charge in [-0.05, 0) is 31.4 Å². The molecule has 0 aromatic carbocycles. The van der Waals surface area contributed by atoms with E-state index in [9.17, 15) is 5.11 Å². The second kappa shape index (κ2) is 5.57. The maximum absolute atomic E-state index is 10.5. The quantitative estimate of drug-likeness (QED) is 0.720. The van der Waals surface area contributed by atoms with E-state index in [4.69, 9.17) is 5.73 Å². The highest BCUT2D eigenvalue weighted by molar-refractivity contribution is 5.64. The van der Waals surface area contributed by atoms with Crippen LogP contribution in [0.4, 0.5) is 11.5 Å². The summed E-state index contributed by atoms with van der Waals surface area (Å²) in [6.07, 6.45) is 8.15. The van der Waals surface area contributed by atoms with E-state index in [-0.39, 0.29) is 0 Å². The Hall–Kier alpha value is -1.29. The number of nitrogens with one attached hydrogen (secondary N) is 1. The van der Waals surface area contributed by atoms with Crippen molar-refractivity contribution in [2.75, 3.05) is 17.6 Å². The number of nitrogen functional groups attached to an aromatic ring is 1. The summed E-state index contributed by atoms with van der Waals surface area (Å²) in [6, 6.07) is 1.89. The number of nitrogens with two attached hydrogens (primary N) is 1. The number of hydrogen-bond donors (Lipinski definition) is 3. The molecule has 1 aromatic heterocycles. The zero-order valence-electron chi connectivity index (χ0n) is 11.1. The number of aliphatic hydroxyl groups is 1. The Morgan fingerprint density at radius 1 is 1.33 bits per heavy atom. The predicted octanol–water partition coefficient (Wildman–Crippen LogP) is 2.47. The van der Waals surface area contributed by atoms with E-state index in [1.165, 1.54) is 12.8 Å². The van der Waals surface area contributed by atoms with Crippen molar-refractivity contribution in [3.63, 3.8) is 0 Å². The molecule has 4 N–H and O–H groups in total. The predicted molar refractivity (Wildman–Crippen MR) is 74.5 cm³/mol. The fourth-order valence-electron chi connectivity index (χ4n) is 2.52. The summed E-state index contributed by atoms with van der Waals surface area (Å²) in [6.45, 7) is 2.50. The van der Waals surface area contributed by atoms with Gasteiger partial charge in [-0.15, -0.1) is 0 Å². The Bertz CT molecular complexity index is 398. The van der Waals surface area contributed by atoms with Crippen molar-refractivity contribution < 1.29 is 5.11 Å². The van der Waals surface area contributed by atoms with Gasteiger partial charge in [-0.1, -0.05) is 25.7 Å². The van der Waals surface area contributed by atoms with Gasteiger partial charge in [-0.25, -0.2) is 4.98 Å². The second-order valence-corrected chi connectivity index (χ2v) is 5.38. The van der Waals surface area contributed by atoms with Crippen LogP contribution in [-0.2, 0) is 0 Å². The molecule has 0 aliphatic heterocycles. The van der Waals surface area contributed by atoms with Gasteiger partial charge in [-0.3, -0.25) is 0 Å². The van der Waals surface area contributed by atoms with Crippen molar-refractivity contribution in [2.45, 2.75) is 51.0 Å². The molecule has 1 aromatic rings. The van der Waals surface area contributed by atoms with Crippen LogP contribution in [0.5, 0.6) is 0 Å². The molecule has 0 unspecified atom stereocenters. The molecule has 18 heavy (non-hydrogen) atoms. The van der Waals surface area contributed by atoms with Crippen LogP contribution < -0.4 is 11.1 Å². The average Bonchev–Trinajstić information content (AvgIpc) is 2.57. The molecule has 1 aliphatic carbocycles. The Morgan fingerprint density at radius 2 is 2.00 bits per heavy atom. The first-order valence-corrected chi connectivity index (χ1v) is 6.78. The van der Waals surface area contributed by atoms with Gasteiger partial charge in [0.25, 0.3) is 0 Å². The van der Waals surface area contributed by atoms with E-state index in [1.54, 1.807) is 6.20 Å². The summed E-state index contributed by atoms with van der Waals surface area (Å²) in [7, 11) is 0. The summed E-state index contributed by atoms with van der Waals surface area (Å²) in [5.74, 6) is 0.688. The van der Waals surface area contributed by atoms with E-state index < -0.39 is 5.60 Å². The lowest BCUT2D eigenvalue weighted by Gasteiger charge is -2.27. The van der Waals surface area contributed by atoms with E-state index in [0.717, 1.165) is 31.2 Å². The van der Waals surface area contributed by atoms with Crippen molar-refractivity contribution >= 4 is 11.5 Å². The molecule has 4 heteroatoms. The number of anilines is 2. The van der Waals surface area contributed by atoms with E-state index in [0.29, 0.717) is 18.1 Å². The molecule has 100 valence electrons. The van der Waals surface area contributed by atoms with Crippen LogP contribution in [-0.4, -0.2) is 22.2 Å². The lowest BCUT2D eigenvalue weighted by Crippen LogP contribution is -2.36. The largest absolute Gasteiger partial charge is 0.396 e. The maximum atomic E-state index is 10.5. The highest BCUT2D eigenvalue weighted by Crippen LogP contribution is 2.28. The molecular weight excluding hydrogens is 226 g/mol. The number of aryl methyl sites for hydroxylation is 1. The number of aromatic nitrogens is 1. The maximum Gasteiger partial charge on any atom is 0.149 e. The normalized spacial score (nSPS) is 19.2. The van der Waals surface area contributed by atoms with Crippen LogP contribution in [0.2, 0.25) is 0 Å². The number of pyridine rings is 1. The Morgan fingerprint density at radius 3 is 2.67 bits per heavy atom. The number of nitrogens with zero attached hydrogens (tertiary/aromatic N) is 1. The molecule has 1 heterocycles. The zero-order chi connectivity index (χ0) is 13.0. The van der Waals surface area contributed by atoms with Gasteiger partial charge >= 0.3 is 0 Å². The molecule has 1 fully saturated rings. The third-order valence-electron chi connectivity index (χ3n) is 3.83. The monoisotopic (exact) mass is 249 g/mol. The molecular formula is C14H23N3O. The lowest BCUT2D eigenvalue weighted by molar-refractivity contribution is 0.0381. The van der Waals surface area contributed by atoms with E-state index >= 15 is 0 Å². The van der Waals surface area contributed by atoms with Crippen LogP contribution in [0.25, 0.3) is 0 Å². The second-order valence-electron chi connectivity index (χ2n) is 5.38. The van der Waals surface area contributed by atoms with Gasteiger partial charge in [0.05, 0.1) is 11.3 Å². The van der Waals surface area contributed by atoms with Crippen LogP contribution in [0.3, 0.4) is 0 Å². The summed E-state index contributed by atoms with van der Waals surface area (Å²) in [5.41, 5.74) is 7.05. The molecule has 2 rings (SSSR count). The number of rotatable bonds is 3. The molecule has 4 nitrogen and oxygen atoms in total. The van der Waals surface area contributed by atoms with Crippen molar-refractivity contribution in [1.82, 2.24) is 4.98 Å². The highest BCUT2D eigenvalue weighted by atomic mass is 16.3. The van der Waals surface area contributed by atoms with Crippen LogP contribution in [0.15, 0.2) is 12.3 Å². The van der Waals surface area contributed by atoms with Crippen LogP contribution in [0, 0.1) is 6.92 Å². The molecule has 0 bridgehead atoms. The summed E-state index contributed by atoms with van der Waals surface area (Å²) >= 11 is 0. The van der Waals surface area contributed by atoms with Gasteiger partial charge in [0.1, 0.15) is 5.82 Å². The van der Waals surface area contributed by atoms with Gasteiger partial charge in [0, 0.05) is 12.7 Å². The first-order valence-electron chi connectivity index (χ1n) is 6.78. The van der Waals surface area contributed by atoms with Gasteiger partial charge in [-0.2, -0.15) is 0 Å². The molecule has 1 saturated carbocycles. The Labute approximate surface area is 109 Å². The van der Waals surface area contributed by atoms with Crippen molar-refractivity contribution in [3.05, 3.63) is 17.8 Å². The minimum Gasteiger partial charge on any atom is -0.396 e. The Balaban J connectivity index is 1.99. The fourth-order valence-corrected chi connectivity index (χ4v) is 2.52. The summed E-state index contributed by atoms with van der Waals surface area (Å²) in [4.78, 5) is 4.23. The van der Waals surface area contributed by atoms with Gasteiger partial charge in [0.15, 0.2) is 0 Å². The third-order valence-corrected chi connectivity index (χ3v) is 3.83. The molecule has 0 atom stereocenters. The molecule has 0 saturated heterocycles. The van der Waals surface area contributed by atoms with Crippen LogP contribution >= 0.6 is 0 Å². The third kappa shape index (κ3) is 3.13. The zero-order valence-corrected chi connectivity index (χ0v) is 11.1. The minimum absolute atomic E-state index is 0.535. The standard InChI is InChI=1S/C14H23N3O/c1-11-6-9-16-13(12(11)15)17-10-14(18)7-4-2-3-5-8-14/h6,9,18H,2-5,7-8,10,15H2,1H3,(H,16,17). The molecule has 0 amide bonds. The molecule has 0 radical (unpaired) electrons. The van der Waals surface area contributed by atoms with Gasteiger partial charge < -0.3 is 16.2 Å². The fraction of sp³-hybridized carbons (Fsp3) is 0.643. The van der Waals surface area contributed by atoms with Gasteiger partial charge in [0.2, 0.25) is 0 Å².